The third-order valence-electron chi connectivity index (χ3n) is 3.45. The predicted octanol–water partition coefficient (Wildman–Crippen LogP) is 2.93. The summed E-state index contributed by atoms with van der Waals surface area (Å²) in [5, 5.41) is 0.112. The van der Waals surface area contributed by atoms with Crippen molar-refractivity contribution in [2.75, 3.05) is 25.0 Å². The molecule has 7 heteroatoms. The number of nitrogens with zero attached hydrogens (tertiary/aromatic N) is 1. The Kier molecular flexibility index (Phi) is 9.34. The van der Waals surface area contributed by atoms with Crippen LogP contribution in [0.1, 0.15) is 32.8 Å². The highest BCUT2D eigenvalue weighted by Gasteiger charge is 2.23. The van der Waals surface area contributed by atoms with Gasteiger partial charge in [-0.25, -0.2) is 0 Å². The molecule has 26 heavy (non-hydrogen) atoms. The van der Waals surface area contributed by atoms with Gasteiger partial charge in [-0.15, -0.1) is 0 Å². The first-order valence-corrected chi connectivity index (χ1v) is 9.56. The number of rotatable bonds is 9. The lowest BCUT2D eigenvalue weighted by Crippen LogP contribution is -2.38. The summed E-state index contributed by atoms with van der Waals surface area (Å²) in [5.41, 5.74) is 0.320. The molecule has 144 valence electrons. The zero-order valence-corrected chi connectivity index (χ0v) is 17.1. The first-order valence-electron chi connectivity index (χ1n) is 8.44. The van der Waals surface area contributed by atoms with E-state index in [1.165, 1.54) is 4.90 Å². The number of halogens is 1. The second-order valence-electron chi connectivity index (χ2n) is 6.83. The van der Waals surface area contributed by atoms with Gasteiger partial charge in [0.1, 0.15) is 13.2 Å². The van der Waals surface area contributed by atoms with E-state index in [1.807, 2.05) is 30.3 Å². The summed E-state index contributed by atoms with van der Waals surface area (Å²) in [6.45, 7) is 5.86. The molecular formula is C19H26BrNO5. The Hall–Kier alpha value is -1.89. The van der Waals surface area contributed by atoms with Crippen LogP contribution in [0.2, 0.25) is 0 Å². The van der Waals surface area contributed by atoms with E-state index in [0.29, 0.717) is 13.0 Å². The van der Waals surface area contributed by atoms with Crippen LogP contribution in [0.3, 0.4) is 0 Å². The number of alkyl halides is 1. The first-order chi connectivity index (χ1) is 12.2. The van der Waals surface area contributed by atoms with E-state index in [-0.39, 0.29) is 37.0 Å². The van der Waals surface area contributed by atoms with E-state index < -0.39 is 11.4 Å². The van der Waals surface area contributed by atoms with Crippen LogP contribution in [0.4, 0.5) is 0 Å². The molecule has 0 aliphatic carbocycles. The zero-order valence-electron chi connectivity index (χ0n) is 15.5. The molecule has 0 saturated heterocycles. The number of carbonyl (C=O) groups excluding carboxylic acids is 3. The minimum atomic E-state index is -0.563. The van der Waals surface area contributed by atoms with Gasteiger partial charge in [0.25, 0.3) is 0 Å². The summed E-state index contributed by atoms with van der Waals surface area (Å²) >= 11 is 3.11. The highest BCUT2D eigenvalue weighted by atomic mass is 79.9. The summed E-state index contributed by atoms with van der Waals surface area (Å²) in [5.74, 6) is -0.989. The van der Waals surface area contributed by atoms with Crippen molar-refractivity contribution in [3.05, 3.63) is 35.9 Å². The van der Waals surface area contributed by atoms with Gasteiger partial charge < -0.3 is 14.4 Å². The van der Waals surface area contributed by atoms with Crippen LogP contribution < -0.4 is 0 Å². The summed E-state index contributed by atoms with van der Waals surface area (Å²) in [7, 11) is 0. The smallest absolute Gasteiger partial charge is 0.325 e. The van der Waals surface area contributed by atoms with E-state index in [0.717, 1.165) is 5.56 Å². The average molecular weight is 428 g/mol. The number of carbonyl (C=O) groups is 3. The molecule has 1 aromatic carbocycles. The topological polar surface area (TPSA) is 72.9 Å². The fraction of sp³-hybridized carbons (Fsp3) is 0.526. The van der Waals surface area contributed by atoms with Crippen LogP contribution in [-0.2, 0) is 30.5 Å². The summed E-state index contributed by atoms with van der Waals surface area (Å²) in [6.07, 6.45) is 0.451. The van der Waals surface area contributed by atoms with Crippen LogP contribution in [0, 0.1) is 5.41 Å². The largest absolute Gasteiger partial charge is 0.465 e. The number of hydrogen-bond donors (Lipinski definition) is 0. The standard InChI is InChI=1S/C19H26BrNO5/c1-19(2,3)18(24)25-11-7-10-21(16(22)12-20)13-17(23)26-14-15-8-5-4-6-9-15/h4-6,8-9H,7,10-14H2,1-3H3. The Bertz CT molecular complexity index is 598. The molecule has 0 atom stereocenters. The predicted molar refractivity (Wildman–Crippen MR) is 102 cm³/mol. The molecular weight excluding hydrogens is 402 g/mol. The molecule has 0 heterocycles. The van der Waals surface area contributed by atoms with Gasteiger partial charge >= 0.3 is 11.9 Å². The van der Waals surface area contributed by atoms with Crippen LogP contribution in [0.15, 0.2) is 30.3 Å². The lowest BCUT2D eigenvalue weighted by atomic mass is 9.97. The zero-order chi connectivity index (χ0) is 19.6. The van der Waals surface area contributed by atoms with Crippen molar-refractivity contribution < 1.29 is 23.9 Å². The average Bonchev–Trinajstić information content (AvgIpc) is 2.61. The maximum atomic E-state index is 12.0. The minimum absolute atomic E-state index is 0.112. The van der Waals surface area contributed by atoms with Gasteiger partial charge in [0.2, 0.25) is 5.91 Å². The van der Waals surface area contributed by atoms with Crippen molar-refractivity contribution in [1.82, 2.24) is 4.90 Å². The van der Waals surface area contributed by atoms with Crippen molar-refractivity contribution in [3.8, 4) is 0 Å². The van der Waals surface area contributed by atoms with E-state index >= 15 is 0 Å². The third-order valence-corrected chi connectivity index (χ3v) is 3.93. The number of esters is 2. The summed E-state index contributed by atoms with van der Waals surface area (Å²) in [6, 6.07) is 9.33. The first kappa shape index (κ1) is 22.2. The number of amides is 1. The monoisotopic (exact) mass is 427 g/mol. The Morgan fingerprint density at radius 2 is 1.73 bits per heavy atom. The Labute approximate surface area is 163 Å². The fourth-order valence-electron chi connectivity index (χ4n) is 1.95. The highest BCUT2D eigenvalue weighted by Crippen LogP contribution is 2.15. The summed E-state index contributed by atoms with van der Waals surface area (Å²) < 4.78 is 10.4. The van der Waals surface area contributed by atoms with Gasteiger partial charge in [-0.3, -0.25) is 14.4 Å². The molecule has 0 fully saturated rings. The third kappa shape index (κ3) is 8.47. The molecule has 0 saturated carbocycles. The van der Waals surface area contributed by atoms with Crippen molar-refractivity contribution in [2.45, 2.75) is 33.8 Å². The normalized spacial score (nSPS) is 10.9. The van der Waals surface area contributed by atoms with Crippen LogP contribution >= 0.6 is 15.9 Å². The van der Waals surface area contributed by atoms with Gasteiger partial charge in [-0.1, -0.05) is 46.3 Å². The second-order valence-corrected chi connectivity index (χ2v) is 7.40. The Balaban J connectivity index is 2.42. The maximum absolute atomic E-state index is 12.0. The van der Waals surface area contributed by atoms with Crippen LogP contribution in [0.25, 0.3) is 0 Å². The molecule has 0 radical (unpaired) electrons. The molecule has 1 amide bonds. The maximum Gasteiger partial charge on any atom is 0.325 e. The lowest BCUT2D eigenvalue weighted by Gasteiger charge is -2.21. The molecule has 0 aromatic heterocycles. The second kappa shape index (κ2) is 11.0. The number of hydrogen-bond acceptors (Lipinski definition) is 5. The molecule has 1 aromatic rings. The van der Waals surface area contributed by atoms with Gasteiger partial charge in [-0.2, -0.15) is 0 Å². The van der Waals surface area contributed by atoms with Crippen molar-refractivity contribution in [3.63, 3.8) is 0 Å². The van der Waals surface area contributed by atoms with Crippen molar-refractivity contribution in [1.29, 1.82) is 0 Å². The molecule has 6 nitrogen and oxygen atoms in total. The van der Waals surface area contributed by atoms with Gasteiger partial charge in [0.05, 0.1) is 17.4 Å². The van der Waals surface area contributed by atoms with Crippen molar-refractivity contribution >= 4 is 33.8 Å². The molecule has 0 aliphatic heterocycles. The van der Waals surface area contributed by atoms with Crippen LogP contribution in [-0.4, -0.2) is 47.8 Å². The van der Waals surface area contributed by atoms with Gasteiger partial charge in [0.15, 0.2) is 0 Å². The lowest BCUT2D eigenvalue weighted by molar-refractivity contribution is -0.154. The minimum Gasteiger partial charge on any atom is -0.465 e. The SMILES string of the molecule is CC(C)(C)C(=O)OCCCN(CC(=O)OCc1ccccc1)C(=O)CBr. The van der Waals surface area contributed by atoms with E-state index in [4.69, 9.17) is 9.47 Å². The number of benzene rings is 1. The van der Waals surface area contributed by atoms with Gasteiger partial charge in [-0.05, 0) is 32.8 Å². The molecule has 0 N–H and O–H groups in total. The summed E-state index contributed by atoms with van der Waals surface area (Å²) in [4.78, 5) is 37.1. The Morgan fingerprint density at radius 3 is 2.31 bits per heavy atom. The van der Waals surface area contributed by atoms with E-state index in [2.05, 4.69) is 15.9 Å². The fourth-order valence-corrected chi connectivity index (χ4v) is 2.31. The highest BCUT2D eigenvalue weighted by molar-refractivity contribution is 9.09. The van der Waals surface area contributed by atoms with Gasteiger partial charge in [0, 0.05) is 6.54 Å². The molecule has 0 spiro atoms. The Morgan fingerprint density at radius 1 is 1.08 bits per heavy atom. The molecule has 0 unspecified atom stereocenters. The molecule has 1 rings (SSSR count). The number of ether oxygens (including phenoxy) is 2. The van der Waals surface area contributed by atoms with Crippen molar-refractivity contribution in [2.24, 2.45) is 5.41 Å². The van der Waals surface area contributed by atoms with Crippen LogP contribution in [0.5, 0.6) is 0 Å². The molecule has 0 aliphatic rings. The quantitative estimate of drug-likeness (QED) is 0.344. The molecule has 0 bridgehead atoms. The van der Waals surface area contributed by atoms with E-state index in [1.54, 1.807) is 20.8 Å². The van der Waals surface area contributed by atoms with E-state index in [9.17, 15) is 14.4 Å².